The van der Waals surface area contributed by atoms with Gasteiger partial charge in [0.05, 0.1) is 6.10 Å². The summed E-state index contributed by atoms with van der Waals surface area (Å²) in [7, 11) is 0. The number of carbonyl (C=O) groups is 1. The Morgan fingerprint density at radius 1 is 1.33 bits per heavy atom. The molecule has 2 atom stereocenters. The molecule has 0 amide bonds. The fourth-order valence-electron chi connectivity index (χ4n) is 1.82. The molecule has 2 aromatic rings. The molecular weight excluding hydrogens is 292 g/mol. The fourth-order valence-corrected chi connectivity index (χ4v) is 2.46. The zero-order valence-corrected chi connectivity index (χ0v) is 12.2. The van der Waals surface area contributed by atoms with Crippen LogP contribution in [0.4, 0.5) is 0 Å². The van der Waals surface area contributed by atoms with Crippen molar-refractivity contribution in [2.24, 2.45) is 0 Å². The number of benzene rings is 1. The molecule has 8 heteroatoms. The molecule has 0 radical (unpaired) electrons. The summed E-state index contributed by atoms with van der Waals surface area (Å²) in [6.07, 6.45) is -1.55. The lowest BCUT2D eigenvalue weighted by Gasteiger charge is -2.17. The van der Waals surface area contributed by atoms with Crippen molar-refractivity contribution >= 4 is 16.9 Å². The Morgan fingerprint density at radius 3 is 2.62 bits per heavy atom. The maximum absolute atomic E-state index is 10.8. The number of aliphatic hydroxyl groups is 2. The molecule has 1 heterocycles. The van der Waals surface area contributed by atoms with Crippen molar-refractivity contribution < 1.29 is 15.0 Å². The fraction of sp³-hybridized carbons (Fsp3) is 0.385. The molecule has 0 aliphatic rings. The van der Waals surface area contributed by atoms with Gasteiger partial charge in [0, 0.05) is 18.2 Å². The van der Waals surface area contributed by atoms with E-state index >= 15 is 0 Å². The second-order valence-electron chi connectivity index (χ2n) is 4.50. The van der Waals surface area contributed by atoms with Gasteiger partial charge in [0.25, 0.3) is 0 Å². The quantitative estimate of drug-likeness (QED) is 0.727. The highest BCUT2D eigenvalue weighted by atomic mass is 32.2. The number of carbonyl (C=O) groups excluding carboxylic acids is 1. The van der Waals surface area contributed by atoms with Gasteiger partial charge in [0.2, 0.25) is 5.82 Å². The molecule has 0 aliphatic heterocycles. The molecule has 21 heavy (non-hydrogen) atoms. The van der Waals surface area contributed by atoms with E-state index in [0.29, 0.717) is 23.6 Å². The van der Waals surface area contributed by atoms with E-state index in [4.69, 9.17) is 0 Å². The van der Waals surface area contributed by atoms with Gasteiger partial charge in [0.15, 0.2) is 5.12 Å². The summed E-state index contributed by atoms with van der Waals surface area (Å²) in [6.45, 7) is 1.48. The minimum absolute atomic E-state index is 0.00107. The molecule has 0 fully saturated rings. The Labute approximate surface area is 125 Å². The molecular formula is C13H16N4O3S. The standard InChI is InChI=1S/C13H16N4O3S/c1-8(18)21-7-6-11(19)12(20)9-2-4-10(5-3-9)13-14-16-17-15-13/h2-5,11-12,19-20H,6-7H2,1H3,(H,14,15,16,17). The summed E-state index contributed by atoms with van der Waals surface area (Å²) < 4.78 is 0. The maximum atomic E-state index is 10.8. The van der Waals surface area contributed by atoms with Crippen LogP contribution in [0.25, 0.3) is 11.4 Å². The molecule has 1 aromatic heterocycles. The lowest BCUT2D eigenvalue weighted by Crippen LogP contribution is -2.19. The third-order valence-electron chi connectivity index (χ3n) is 2.94. The van der Waals surface area contributed by atoms with Crippen LogP contribution in [-0.2, 0) is 4.79 Å². The lowest BCUT2D eigenvalue weighted by atomic mass is 10.0. The van der Waals surface area contributed by atoms with Crippen molar-refractivity contribution in [2.45, 2.75) is 25.6 Å². The van der Waals surface area contributed by atoms with Gasteiger partial charge in [-0.2, -0.15) is 5.21 Å². The first-order valence-corrected chi connectivity index (χ1v) is 7.39. The van der Waals surface area contributed by atoms with Crippen LogP contribution >= 0.6 is 11.8 Å². The van der Waals surface area contributed by atoms with Crippen molar-refractivity contribution in [1.82, 2.24) is 20.6 Å². The molecule has 0 saturated heterocycles. The normalized spacial score (nSPS) is 13.9. The van der Waals surface area contributed by atoms with Crippen LogP contribution in [0.3, 0.4) is 0 Å². The number of rotatable bonds is 6. The predicted octanol–water partition coefficient (Wildman–Crippen LogP) is 0.931. The largest absolute Gasteiger partial charge is 0.390 e. The van der Waals surface area contributed by atoms with Gasteiger partial charge < -0.3 is 10.2 Å². The lowest BCUT2D eigenvalue weighted by molar-refractivity contribution is -0.109. The Balaban J connectivity index is 1.96. The van der Waals surface area contributed by atoms with Gasteiger partial charge in [-0.05, 0) is 17.2 Å². The van der Waals surface area contributed by atoms with E-state index in [1.54, 1.807) is 24.3 Å². The highest BCUT2D eigenvalue weighted by Crippen LogP contribution is 2.23. The van der Waals surface area contributed by atoms with Crippen LogP contribution in [0.15, 0.2) is 24.3 Å². The van der Waals surface area contributed by atoms with E-state index in [1.165, 1.54) is 6.92 Å². The van der Waals surface area contributed by atoms with E-state index in [2.05, 4.69) is 20.6 Å². The highest BCUT2D eigenvalue weighted by Gasteiger charge is 2.18. The number of aliphatic hydroxyl groups excluding tert-OH is 2. The van der Waals surface area contributed by atoms with Crippen LogP contribution < -0.4 is 0 Å². The van der Waals surface area contributed by atoms with Gasteiger partial charge >= 0.3 is 0 Å². The summed E-state index contributed by atoms with van der Waals surface area (Å²) >= 11 is 1.14. The summed E-state index contributed by atoms with van der Waals surface area (Å²) in [5, 5.41) is 33.6. The Hall–Kier alpha value is -1.77. The number of H-pyrrole nitrogens is 1. The molecule has 7 nitrogen and oxygen atoms in total. The maximum Gasteiger partial charge on any atom is 0.204 e. The van der Waals surface area contributed by atoms with Gasteiger partial charge in [-0.25, -0.2) is 0 Å². The van der Waals surface area contributed by atoms with E-state index in [1.807, 2.05) is 0 Å². The second kappa shape index (κ2) is 7.30. The number of hydrogen-bond acceptors (Lipinski definition) is 7. The van der Waals surface area contributed by atoms with E-state index in [9.17, 15) is 15.0 Å². The van der Waals surface area contributed by atoms with Crippen molar-refractivity contribution in [3.63, 3.8) is 0 Å². The Bertz CT molecular complexity index is 574. The highest BCUT2D eigenvalue weighted by molar-refractivity contribution is 8.13. The first-order chi connectivity index (χ1) is 10.1. The third kappa shape index (κ3) is 4.35. The first-order valence-electron chi connectivity index (χ1n) is 6.41. The van der Waals surface area contributed by atoms with E-state index < -0.39 is 12.2 Å². The number of nitrogens with zero attached hydrogens (tertiary/aromatic N) is 3. The number of tetrazole rings is 1. The van der Waals surface area contributed by atoms with Crippen LogP contribution in [0.2, 0.25) is 0 Å². The SMILES string of the molecule is CC(=O)SCCC(O)C(O)c1ccc(-c2nn[nH]n2)cc1. The van der Waals surface area contributed by atoms with Crippen LogP contribution in [0.1, 0.15) is 25.0 Å². The van der Waals surface area contributed by atoms with Gasteiger partial charge in [0.1, 0.15) is 6.10 Å². The van der Waals surface area contributed by atoms with Crippen LogP contribution in [-0.4, -0.2) is 47.8 Å². The number of nitrogens with one attached hydrogen (secondary N) is 1. The minimum atomic E-state index is -0.989. The van der Waals surface area contributed by atoms with Crippen molar-refractivity contribution in [3.8, 4) is 11.4 Å². The average molecular weight is 308 g/mol. The number of thioether (sulfide) groups is 1. The van der Waals surface area contributed by atoms with Gasteiger partial charge in [-0.15, -0.1) is 10.2 Å². The summed E-state index contributed by atoms with van der Waals surface area (Å²) in [5.41, 5.74) is 1.36. The Morgan fingerprint density at radius 2 is 2.05 bits per heavy atom. The second-order valence-corrected chi connectivity index (χ2v) is 5.77. The first kappa shape index (κ1) is 15.6. The molecule has 3 N–H and O–H groups in total. The zero-order chi connectivity index (χ0) is 15.2. The molecule has 0 spiro atoms. The number of aromatic nitrogens is 4. The molecule has 0 aliphatic carbocycles. The smallest absolute Gasteiger partial charge is 0.204 e. The van der Waals surface area contributed by atoms with Crippen LogP contribution in [0, 0.1) is 0 Å². The van der Waals surface area contributed by atoms with Crippen molar-refractivity contribution in [1.29, 1.82) is 0 Å². The predicted molar refractivity (Wildman–Crippen MR) is 78.3 cm³/mol. The molecule has 112 valence electrons. The Kier molecular flexibility index (Phi) is 5.43. The summed E-state index contributed by atoms with van der Waals surface area (Å²) in [4.78, 5) is 10.8. The van der Waals surface area contributed by atoms with E-state index in [-0.39, 0.29) is 5.12 Å². The van der Waals surface area contributed by atoms with Gasteiger partial charge in [-0.1, -0.05) is 36.0 Å². The summed E-state index contributed by atoms with van der Waals surface area (Å²) in [6, 6.07) is 6.91. The molecule has 0 saturated carbocycles. The van der Waals surface area contributed by atoms with E-state index in [0.717, 1.165) is 17.3 Å². The van der Waals surface area contributed by atoms with Gasteiger partial charge in [-0.3, -0.25) is 4.79 Å². The van der Waals surface area contributed by atoms with Crippen LogP contribution in [0.5, 0.6) is 0 Å². The molecule has 2 rings (SSSR count). The third-order valence-corrected chi connectivity index (χ3v) is 3.79. The number of aromatic amines is 1. The monoisotopic (exact) mass is 308 g/mol. The topological polar surface area (TPSA) is 112 Å². The zero-order valence-electron chi connectivity index (χ0n) is 11.4. The minimum Gasteiger partial charge on any atom is -0.390 e. The van der Waals surface area contributed by atoms with Crippen molar-refractivity contribution in [2.75, 3.05) is 5.75 Å². The summed E-state index contributed by atoms with van der Waals surface area (Å²) in [5.74, 6) is 0.948. The molecule has 0 bridgehead atoms. The number of hydrogen-bond donors (Lipinski definition) is 3. The molecule has 2 unspecified atom stereocenters. The van der Waals surface area contributed by atoms with Crippen molar-refractivity contribution in [3.05, 3.63) is 29.8 Å². The molecule has 1 aromatic carbocycles. The average Bonchev–Trinajstić information content (AvgIpc) is 3.00.